The Balaban J connectivity index is 1.43. The SMILES string of the molecule is O=C([C@@H]1C[C@H](Oc2ccccc2)CN1C(=O)c1n[nH]c2ccccc12)N1CCCC1. The summed E-state index contributed by atoms with van der Waals surface area (Å²) in [6, 6.07) is 16.5. The third kappa shape index (κ3) is 3.40. The standard InChI is InChI=1S/C23H24N4O3/c28-22(26-12-6-7-13-26)20-14-17(30-16-8-2-1-3-9-16)15-27(20)23(29)21-18-10-4-5-11-19(18)24-25-21/h1-5,8-11,17,20H,6-7,12-15H2,(H,24,25)/t17-,20-/m0/s1. The number of amides is 2. The summed E-state index contributed by atoms with van der Waals surface area (Å²) in [6.45, 7) is 1.87. The monoisotopic (exact) mass is 404 g/mol. The van der Waals surface area contributed by atoms with Crippen molar-refractivity contribution in [2.24, 2.45) is 0 Å². The first-order valence-electron chi connectivity index (χ1n) is 10.5. The second-order valence-electron chi connectivity index (χ2n) is 7.91. The van der Waals surface area contributed by atoms with Crippen molar-refractivity contribution in [3.05, 3.63) is 60.3 Å². The lowest BCUT2D eigenvalue weighted by molar-refractivity contribution is -0.134. The first-order chi connectivity index (χ1) is 14.7. The maximum atomic E-state index is 13.5. The number of likely N-dealkylation sites (tertiary alicyclic amines) is 2. The summed E-state index contributed by atoms with van der Waals surface area (Å²) in [4.78, 5) is 30.2. The molecule has 2 saturated heterocycles. The molecule has 2 amide bonds. The van der Waals surface area contributed by atoms with Crippen molar-refractivity contribution in [3.8, 4) is 5.75 Å². The Morgan fingerprint density at radius 2 is 1.73 bits per heavy atom. The van der Waals surface area contributed by atoms with Crippen LogP contribution in [0.4, 0.5) is 0 Å². The van der Waals surface area contributed by atoms with E-state index < -0.39 is 6.04 Å². The molecule has 7 heteroatoms. The van der Waals surface area contributed by atoms with Crippen LogP contribution >= 0.6 is 0 Å². The van der Waals surface area contributed by atoms with Gasteiger partial charge in [0, 0.05) is 24.9 Å². The number of carbonyl (C=O) groups excluding carboxylic acids is 2. The molecule has 2 aliphatic rings. The quantitative estimate of drug-likeness (QED) is 0.725. The number of rotatable bonds is 4. The molecule has 154 valence electrons. The van der Waals surface area contributed by atoms with E-state index in [4.69, 9.17) is 4.74 Å². The van der Waals surface area contributed by atoms with Gasteiger partial charge in [0.1, 0.15) is 17.9 Å². The third-order valence-electron chi connectivity index (χ3n) is 5.95. The number of aromatic nitrogens is 2. The fourth-order valence-electron chi connectivity index (χ4n) is 4.44. The first kappa shape index (κ1) is 18.7. The van der Waals surface area contributed by atoms with Gasteiger partial charge in [-0.3, -0.25) is 14.7 Å². The highest BCUT2D eigenvalue weighted by Crippen LogP contribution is 2.28. The average molecular weight is 404 g/mol. The Hall–Kier alpha value is -3.35. The van der Waals surface area contributed by atoms with E-state index in [1.807, 2.05) is 59.5 Å². The second kappa shape index (κ2) is 7.82. The van der Waals surface area contributed by atoms with Gasteiger partial charge in [-0.15, -0.1) is 0 Å². The van der Waals surface area contributed by atoms with Crippen LogP contribution < -0.4 is 4.74 Å². The Labute approximate surface area is 174 Å². The summed E-state index contributed by atoms with van der Waals surface area (Å²) in [5.74, 6) is 0.526. The van der Waals surface area contributed by atoms with E-state index in [1.165, 1.54) is 0 Å². The van der Waals surface area contributed by atoms with E-state index in [2.05, 4.69) is 10.2 Å². The minimum absolute atomic E-state index is 0.0138. The highest BCUT2D eigenvalue weighted by molar-refractivity contribution is 6.06. The molecule has 0 aliphatic carbocycles. The Morgan fingerprint density at radius 3 is 2.53 bits per heavy atom. The molecular formula is C23H24N4O3. The summed E-state index contributed by atoms with van der Waals surface area (Å²) in [5.41, 5.74) is 1.16. The average Bonchev–Trinajstić information content (AvgIpc) is 3.53. The van der Waals surface area contributed by atoms with Crippen LogP contribution in [0.1, 0.15) is 29.8 Å². The summed E-state index contributed by atoms with van der Waals surface area (Å²) < 4.78 is 6.11. The Kier molecular flexibility index (Phi) is 4.86. The number of aromatic amines is 1. The molecule has 0 unspecified atom stereocenters. The maximum Gasteiger partial charge on any atom is 0.275 e. The van der Waals surface area contributed by atoms with E-state index in [9.17, 15) is 9.59 Å². The van der Waals surface area contributed by atoms with Gasteiger partial charge in [-0.05, 0) is 31.0 Å². The van der Waals surface area contributed by atoms with Crippen molar-refractivity contribution in [3.63, 3.8) is 0 Å². The van der Waals surface area contributed by atoms with Crippen LogP contribution in [0.5, 0.6) is 5.75 Å². The van der Waals surface area contributed by atoms with Gasteiger partial charge < -0.3 is 14.5 Å². The molecule has 0 saturated carbocycles. The van der Waals surface area contributed by atoms with Gasteiger partial charge in [0.15, 0.2) is 5.69 Å². The zero-order chi connectivity index (χ0) is 20.5. The molecule has 2 fully saturated rings. The van der Waals surface area contributed by atoms with Crippen molar-refractivity contribution in [2.45, 2.75) is 31.4 Å². The number of nitrogens with zero attached hydrogens (tertiary/aromatic N) is 3. The Bertz CT molecular complexity index is 1060. The normalized spacial score (nSPS) is 21.3. The second-order valence-corrected chi connectivity index (χ2v) is 7.91. The summed E-state index contributed by atoms with van der Waals surface area (Å²) >= 11 is 0. The van der Waals surface area contributed by atoms with Crippen LogP contribution in [0.25, 0.3) is 10.9 Å². The molecule has 30 heavy (non-hydrogen) atoms. The number of para-hydroxylation sites is 2. The van der Waals surface area contributed by atoms with Crippen molar-refractivity contribution in [1.29, 1.82) is 0 Å². The number of ether oxygens (including phenoxy) is 1. The molecule has 0 bridgehead atoms. The van der Waals surface area contributed by atoms with E-state index in [1.54, 1.807) is 4.90 Å². The number of carbonyl (C=O) groups is 2. The predicted octanol–water partition coefficient (Wildman–Crippen LogP) is 2.85. The lowest BCUT2D eigenvalue weighted by atomic mass is 10.1. The number of hydrogen-bond acceptors (Lipinski definition) is 4. The van der Waals surface area contributed by atoms with Crippen molar-refractivity contribution in [1.82, 2.24) is 20.0 Å². The molecule has 7 nitrogen and oxygen atoms in total. The van der Waals surface area contributed by atoms with Crippen molar-refractivity contribution in [2.75, 3.05) is 19.6 Å². The van der Waals surface area contributed by atoms with Gasteiger partial charge in [-0.25, -0.2) is 0 Å². The number of fused-ring (bicyclic) bond motifs is 1. The van der Waals surface area contributed by atoms with Crippen LogP contribution in [0.2, 0.25) is 0 Å². The zero-order valence-corrected chi connectivity index (χ0v) is 16.7. The lowest BCUT2D eigenvalue weighted by Gasteiger charge is -2.26. The van der Waals surface area contributed by atoms with E-state index in [-0.39, 0.29) is 17.9 Å². The molecule has 1 aromatic heterocycles. The number of benzene rings is 2. The minimum atomic E-state index is -0.528. The van der Waals surface area contributed by atoms with E-state index >= 15 is 0 Å². The van der Waals surface area contributed by atoms with Crippen LogP contribution in [0.3, 0.4) is 0 Å². The van der Waals surface area contributed by atoms with Crippen molar-refractivity contribution < 1.29 is 14.3 Å². The smallest absolute Gasteiger partial charge is 0.275 e. The van der Waals surface area contributed by atoms with Gasteiger partial charge >= 0.3 is 0 Å². The molecule has 2 atom stereocenters. The number of nitrogens with one attached hydrogen (secondary N) is 1. The van der Waals surface area contributed by atoms with Crippen molar-refractivity contribution >= 4 is 22.7 Å². The van der Waals surface area contributed by atoms with Gasteiger partial charge in [0.25, 0.3) is 5.91 Å². The van der Waals surface area contributed by atoms with Gasteiger partial charge in [-0.2, -0.15) is 5.10 Å². The highest BCUT2D eigenvalue weighted by atomic mass is 16.5. The minimum Gasteiger partial charge on any atom is -0.488 e. The molecule has 0 radical (unpaired) electrons. The molecule has 2 aliphatic heterocycles. The zero-order valence-electron chi connectivity index (χ0n) is 16.7. The van der Waals surface area contributed by atoms with E-state index in [0.29, 0.717) is 18.7 Å². The molecule has 2 aromatic carbocycles. The number of H-pyrrole nitrogens is 1. The van der Waals surface area contributed by atoms with Gasteiger partial charge in [0.2, 0.25) is 5.91 Å². The predicted molar refractivity (Wildman–Crippen MR) is 112 cm³/mol. The summed E-state index contributed by atoms with van der Waals surface area (Å²) in [5, 5.41) is 7.94. The number of hydrogen-bond donors (Lipinski definition) is 1. The van der Waals surface area contributed by atoms with E-state index in [0.717, 1.165) is 42.6 Å². The Morgan fingerprint density at radius 1 is 1.00 bits per heavy atom. The first-order valence-corrected chi connectivity index (χ1v) is 10.5. The fourth-order valence-corrected chi connectivity index (χ4v) is 4.44. The molecule has 3 heterocycles. The van der Waals surface area contributed by atoms with Gasteiger partial charge in [0.05, 0.1) is 12.1 Å². The third-order valence-corrected chi connectivity index (χ3v) is 5.95. The largest absolute Gasteiger partial charge is 0.488 e. The fraction of sp³-hybridized carbons (Fsp3) is 0.348. The van der Waals surface area contributed by atoms with Gasteiger partial charge in [-0.1, -0.05) is 36.4 Å². The topological polar surface area (TPSA) is 78.5 Å². The maximum absolute atomic E-state index is 13.5. The highest BCUT2D eigenvalue weighted by Gasteiger charge is 2.43. The van der Waals surface area contributed by atoms with Crippen LogP contribution in [-0.2, 0) is 4.79 Å². The molecule has 1 N–H and O–H groups in total. The summed E-state index contributed by atoms with van der Waals surface area (Å²) in [7, 11) is 0. The molecule has 0 spiro atoms. The van der Waals surface area contributed by atoms with Crippen LogP contribution in [0, 0.1) is 0 Å². The van der Waals surface area contributed by atoms with Crippen LogP contribution in [-0.4, -0.2) is 63.6 Å². The van der Waals surface area contributed by atoms with Crippen LogP contribution in [0.15, 0.2) is 54.6 Å². The molecule has 3 aromatic rings. The lowest BCUT2D eigenvalue weighted by Crippen LogP contribution is -2.47. The molecular weight excluding hydrogens is 380 g/mol. The summed E-state index contributed by atoms with van der Waals surface area (Å²) in [6.07, 6.45) is 2.28. The molecule has 5 rings (SSSR count).